The predicted octanol–water partition coefficient (Wildman–Crippen LogP) is 2.82. The summed E-state index contributed by atoms with van der Waals surface area (Å²) in [6, 6.07) is 5.41. The summed E-state index contributed by atoms with van der Waals surface area (Å²) in [7, 11) is 0. The molecule has 1 aliphatic heterocycles. The van der Waals surface area contributed by atoms with E-state index in [4.69, 9.17) is 0 Å². The molecule has 0 amide bonds. The van der Waals surface area contributed by atoms with Crippen LogP contribution in [0.1, 0.15) is 25.5 Å². The zero-order chi connectivity index (χ0) is 12.4. The van der Waals surface area contributed by atoms with Crippen molar-refractivity contribution >= 4 is 17.4 Å². The molecule has 0 radical (unpaired) electrons. The Bertz CT molecular complexity index is 397. The number of benzene rings is 1. The highest BCUT2D eigenvalue weighted by molar-refractivity contribution is 7.99. The minimum Gasteiger partial charge on any atom is -0.389 e. The Kier molecular flexibility index (Phi) is 3.94. The molecule has 2 atom stereocenters. The van der Waals surface area contributed by atoms with E-state index < -0.39 is 6.10 Å². The standard InChI is InChI=1S/C13H18FNOS/c1-9-8-17-7-6-15(9)12-5-3-4-11(14)13(12)10(2)16/h3-5,9-10,16H,6-8H2,1-2H3/t9?,10-/m1/s1. The second-order valence-electron chi connectivity index (χ2n) is 4.47. The maximum atomic E-state index is 13.8. The molecule has 4 heteroatoms. The lowest BCUT2D eigenvalue weighted by atomic mass is 10.1. The molecule has 1 heterocycles. The Hall–Kier alpha value is -0.740. The average Bonchev–Trinajstić information content (AvgIpc) is 2.28. The van der Waals surface area contributed by atoms with Crippen LogP contribution < -0.4 is 4.90 Å². The summed E-state index contributed by atoms with van der Waals surface area (Å²) in [4.78, 5) is 2.20. The van der Waals surface area contributed by atoms with Crippen LogP contribution in [0.15, 0.2) is 18.2 Å². The Balaban J connectivity index is 2.40. The van der Waals surface area contributed by atoms with E-state index in [0.717, 1.165) is 23.7 Å². The van der Waals surface area contributed by atoms with Crippen LogP contribution in [-0.4, -0.2) is 29.2 Å². The predicted molar refractivity (Wildman–Crippen MR) is 71.2 cm³/mol. The molecule has 0 aliphatic carbocycles. The summed E-state index contributed by atoms with van der Waals surface area (Å²) in [6.07, 6.45) is -0.770. The zero-order valence-electron chi connectivity index (χ0n) is 10.2. The SMILES string of the molecule is CC1CSCCN1c1cccc(F)c1[C@@H](C)O. The summed E-state index contributed by atoms with van der Waals surface area (Å²) in [5.41, 5.74) is 1.26. The van der Waals surface area contributed by atoms with Gasteiger partial charge in [0.2, 0.25) is 0 Å². The van der Waals surface area contributed by atoms with Crippen molar-refractivity contribution in [1.82, 2.24) is 0 Å². The molecule has 94 valence electrons. The monoisotopic (exact) mass is 255 g/mol. The Morgan fingerprint density at radius 1 is 1.53 bits per heavy atom. The molecule has 0 bridgehead atoms. The molecule has 1 unspecified atom stereocenters. The van der Waals surface area contributed by atoms with Gasteiger partial charge in [-0.1, -0.05) is 6.07 Å². The number of hydrogen-bond acceptors (Lipinski definition) is 3. The van der Waals surface area contributed by atoms with E-state index in [2.05, 4.69) is 11.8 Å². The second kappa shape index (κ2) is 5.27. The molecule has 2 rings (SSSR count). The minimum atomic E-state index is -0.770. The normalized spacial score (nSPS) is 22.6. The van der Waals surface area contributed by atoms with E-state index in [1.54, 1.807) is 13.0 Å². The van der Waals surface area contributed by atoms with Gasteiger partial charge in [-0.3, -0.25) is 0 Å². The lowest BCUT2D eigenvalue weighted by Gasteiger charge is -2.36. The van der Waals surface area contributed by atoms with Crippen LogP contribution in [0, 0.1) is 5.82 Å². The number of anilines is 1. The van der Waals surface area contributed by atoms with Crippen molar-refractivity contribution in [3.8, 4) is 0 Å². The highest BCUT2D eigenvalue weighted by Crippen LogP contribution is 2.32. The largest absolute Gasteiger partial charge is 0.389 e. The van der Waals surface area contributed by atoms with Crippen molar-refractivity contribution in [2.45, 2.75) is 26.0 Å². The number of rotatable bonds is 2. The van der Waals surface area contributed by atoms with Gasteiger partial charge in [-0.05, 0) is 26.0 Å². The molecule has 1 aliphatic rings. The quantitative estimate of drug-likeness (QED) is 0.879. The summed E-state index contributed by atoms with van der Waals surface area (Å²) in [5.74, 6) is 1.79. The molecule has 1 aromatic rings. The first-order chi connectivity index (χ1) is 8.11. The second-order valence-corrected chi connectivity index (χ2v) is 5.62. The lowest BCUT2D eigenvalue weighted by Crippen LogP contribution is -2.41. The highest BCUT2D eigenvalue weighted by atomic mass is 32.2. The fraction of sp³-hybridized carbons (Fsp3) is 0.538. The molecule has 0 aromatic heterocycles. The van der Waals surface area contributed by atoms with Crippen LogP contribution in [0.2, 0.25) is 0 Å². The van der Waals surface area contributed by atoms with Crippen molar-refractivity contribution in [1.29, 1.82) is 0 Å². The van der Waals surface area contributed by atoms with E-state index in [0.29, 0.717) is 11.6 Å². The average molecular weight is 255 g/mol. The summed E-state index contributed by atoms with van der Waals surface area (Å²) >= 11 is 1.92. The fourth-order valence-electron chi connectivity index (χ4n) is 2.27. The lowest BCUT2D eigenvalue weighted by molar-refractivity contribution is 0.194. The van der Waals surface area contributed by atoms with Gasteiger partial charge in [0, 0.05) is 35.3 Å². The molecule has 17 heavy (non-hydrogen) atoms. The number of aliphatic hydroxyl groups excluding tert-OH is 1. The molecule has 0 saturated carbocycles. The van der Waals surface area contributed by atoms with Gasteiger partial charge < -0.3 is 10.0 Å². The number of hydrogen-bond donors (Lipinski definition) is 1. The van der Waals surface area contributed by atoms with Gasteiger partial charge >= 0.3 is 0 Å². The van der Waals surface area contributed by atoms with E-state index in [-0.39, 0.29) is 5.82 Å². The third-order valence-corrected chi connectivity index (χ3v) is 4.31. The molecule has 0 spiro atoms. The summed E-state index contributed by atoms with van der Waals surface area (Å²) < 4.78 is 13.8. The van der Waals surface area contributed by atoms with Crippen LogP contribution in [0.25, 0.3) is 0 Å². The van der Waals surface area contributed by atoms with Gasteiger partial charge in [0.1, 0.15) is 5.82 Å². The summed E-state index contributed by atoms with van der Waals surface area (Å²) in [5, 5.41) is 9.73. The summed E-state index contributed by atoms with van der Waals surface area (Å²) in [6.45, 7) is 4.67. The Morgan fingerprint density at radius 3 is 2.94 bits per heavy atom. The number of thioether (sulfide) groups is 1. The van der Waals surface area contributed by atoms with Gasteiger partial charge in [0.15, 0.2) is 0 Å². The van der Waals surface area contributed by atoms with E-state index in [1.165, 1.54) is 6.07 Å². The highest BCUT2D eigenvalue weighted by Gasteiger charge is 2.24. The maximum Gasteiger partial charge on any atom is 0.131 e. The van der Waals surface area contributed by atoms with E-state index >= 15 is 0 Å². The van der Waals surface area contributed by atoms with Gasteiger partial charge in [0.05, 0.1) is 6.10 Å². The minimum absolute atomic E-state index is 0.317. The molecule has 1 fully saturated rings. The van der Waals surface area contributed by atoms with Crippen LogP contribution >= 0.6 is 11.8 Å². The van der Waals surface area contributed by atoms with Crippen LogP contribution in [0.5, 0.6) is 0 Å². The number of halogens is 1. The molecular weight excluding hydrogens is 237 g/mol. The van der Waals surface area contributed by atoms with Crippen molar-refractivity contribution in [2.75, 3.05) is 23.0 Å². The van der Waals surface area contributed by atoms with Gasteiger partial charge in [-0.25, -0.2) is 4.39 Å². The molecule has 1 saturated heterocycles. The smallest absolute Gasteiger partial charge is 0.131 e. The number of aliphatic hydroxyl groups is 1. The van der Waals surface area contributed by atoms with Crippen molar-refractivity contribution in [2.24, 2.45) is 0 Å². The Morgan fingerprint density at radius 2 is 2.29 bits per heavy atom. The van der Waals surface area contributed by atoms with E-state index in [9.17, 15) is 9.50 Å². The van der Waals surface area contributed by atoms with Gasteiger partial charge in [0.25, 0.3) is 0 Å². The number of nitrogens with zero attached hydrogens (tertiary/aromatic N) is 1. The van der Waals surface area contributed by atoms with Gasteiger partial charge in [-0.15, -0.1) is 0 Å². The van der Waals surface area contributed by atoms with Crippen molar-refractivity contribution in [3.05, 3.63) is 29.6 Å². The fourth-order valence-corrected chi connectivity index (χ4v) is 3.29. The zero-order valence-corrected chi connectivity index (χ0v) is 11.0. The van der Waals surface area contributed by atoms with Gasteiger partial charge in [-0.2, -0.15) is 11.8 Å². The first kappa shape index (κ1) is 12.7. The first-order valence-corrected chi connectivity index (χ1v) is 7.07. The van der Waals surface area contributed by atoms with Crippen LogP contribution in [0.4, 0.5) is 10.1 Å². The molecule has 2 nitrogen and oxygen atoms in total. The molecular formula is C13H18FNOS. The van der Waals surface area contributed by atoms with Crippen LogP contribution in [0.3, 0.4) is 0 Å². The van der Waals surface area contributed by atoms with E-state index in [1.807, 2.05) is 17.8 Å². The topological polar surface area (TPSA) is 23.5 Å². The molecule has 1 N–H and O–H groups in total. The first-order valence-electron chi connectivity index (χ1n) is 5.92. The third kappa shape index (κ3) is 2.58. The maximum absolute atomic E-state index is 13.8. The molecule has 1 aromatic carbocycles. The Labute approximate surface area is 106 Å². The third-order valence-electron chi connectivity index (χ3n) is 3.12. The van der Waals surface area contributed by atoms with Crippen LogP contribution in [-0.2, 0) is 0 Å². The van der Waals surface area contributed by atoms with Crippen molar-refractivity contribution < 1.29 is 9.50 Å². The van der Waals surface area contributed by atoms with Crippen molar-refractivity contribution in [3.63, 3.8) is 0 Å².